The molecule has 0 radical (unpaired) electrons. The van der Waals surface area contributed by atoms with Gasteiger partial charge < -0.3 is 26.9 Å². The molecule has 30 heavy (non-hydrogen) atoms. The van der Waals surface area contributed by atoms with Crippen LogP contribution in [0.5, 0.6) is 0 Å². The van der Waals surface area contributed by atoms with Crippen molar-refractivity contribution in [3.05, 3.63) is 57.5 Å². The minimum absolute atomic E-state index is 0.0583. The van der Waals surface area contributed by atoms with Gasteiger partial charge in [-0.15, -0.1) is 0 Å². The zero-order chi connectivity index (χ0) is 21.7. The summed E-state index contributed by atoms with van der Waals surface area (Å²) in [6, 6.07) is 5.94. The number of rotatable bonds is 9. The van der Waals surface area contributed by atoms with Gasteiger partial charge in [0.15, 0.2) is 0 Å². The van der Waals surface area contributed by atoms with Crippen LogP contribution in [0.15, 0.2) is 35.3 Å². The Bertz CT molecular complexity index is 1100. The summed E-state index contributed by atoms with van der Waals surface area (Å²) in [5.74, 6) is -1.47. The lowest BCUT2D eigenvalue weighted by Crippen LogP contribution is -2.41. The number of nitrogens with two attached hydrogens (primary N) is 2. The van der Waals surface area contributed by atoms with Crippen LogP contribution in [0.25, 0.3) is 11.0 Å². The summed E-state index contributed by atoms with van der Waals surface area (Å²) in [7, 11) is 0. The number of H-pyrrole nitrogens is 2. The maximum atomic E-state index is 12.3. The van der Waals surface area contributed by atoms with Crippen LogP contribution in [0.4, 0.5) is 5.95 Å². The normalized spacial score (nSPS) is 12.0. The molecule has 8 N–H and O–H groups in total. The van der Waals surface area contributed by atoms with E-state index in [0.717, 1.165) is 11.1 Å². The number of carboxylic acids is 1. The smallest absolute Gasteiger partial charge is 0.326 e. The molecule has 0 saturated carbocycles. The van der Waals surface area contributed by atoms with E-state index in [1.54, 1.807) is 30.5 Å². The molecule has 0 aliphatic rings. The molecular weight excluding hydrogens is 388 g/mol. The number of benzene rings is 1. The number of fused-ring (bicyclic) bond motifs is 1. The number of carbonyl (C=O) groups excluding carboxylic acids is 1. The molecule has 10 nitrogen and oxygen atoms in total. The van der Waals surface area contributed by atoms with Crippen LogP contribution in [0.3, 0.4) is 0 Å². The van der Waals surface area contributed by atoms with Gasteiger partial charge in [-0.1, -0.05) is 12.1 Å². The third kappa shape index (κ3) is 4.84. The number of aliphatic carboxylic acids is 1. The fourth-order valence-electron chi connectivity index (χ4n) is 3.24. The SMILES string of the molecule is NCCCC(NC(=O)c1ccc(CCc2c[nH]c3nc(N)[nH]c(=O)c23)cc1)C(=O)O. The quantitative estimate of drug-likeness (QED) is 0.296. The average Bonchev–Trinajstić information content (AvgIpc) is 3.12. The van der Waals surface area contributed by atoms with E-state index in [1.165, 1.54) is 0 Å². The summed E-state index contributed by atoms with van der Waals surface area (Å²) < 4.78 is 0. The highest BCUT2D eigenvalue weighted by atomic mass is 16.4. The monoisotopic (exact) mass is 412 g/mol. The van der Waals surface area contributed by atoms with E-state index in [9.17, 15) is 19.5 Å². The molecule has 2 heterocycles. The summed E-state index contributed by atoms with van der Waals surface area (Å²) in [5, 5.41) is 12.2. The lowest BCUT2D eigenvalue weighted by molar-refractivity contribution is -0.139. The molecule has 1 atom stereocenters. The van der Waals surface area contributed by atoms with Crippen molar-refractivity contribution in [2.24, 2.45) is 5.73 Å². The van der Waals surface area contributed by atoms with Crippen LogP contribution in [0.2, 0.25) is 0 Å². The van der Waals surface area contributed by atoms with Crippen LogP contribution >= 0.6 is 0 Å². The van der Waals surface area contributed by atoms with Crippen LogP contribution in [-0.2, 0) is 17.6 Å². The Kier molecular flexibility index (Phi) is 6.48. The Balaban J connectivity index is 1.64. The minimum Gasteiger partial charge on any atom is -0.480 e. The Labute approximate surface area is 171 Å². The molecule has 0 saturated heterocycles. The van der Waals surface area contributed by atoms with Gasteiger partial charge in [-0.2, -0.15) is 4.98 Å². The van der Waals surface area contributed by atoms with Gasteiger partial charge in [0.05, 0.1) is 5.39 Å². The average molecular weight is 412 g/mol. The Morgan fingerprint density at radius 1 is 1.20 bits per heavy atom. The molecule has 0 bridgehead atoms. The largest absolute Gasteiger partial charge is 0.480 e. The molecular formula is C20H24N6O4. The fourth-order valence-corrected chi connectivity index (χ4v) is 3.24. The van der Waals surface area contributed by atoms with Crippen molar-refractivity contribution in [1.82, 2.24) is 20.3 Å². The standard InChI is InChI=1S/C20H24N6O4/c21-9-1-2-14(19(29)30)24-17(27)12-6-3-11(4-7-12)5-8-13-10-23-16-15(13)18(28)26-20(22)25-16/h3-4,6-7,10,14H,1-2,5,8-9,21H2,(H,24,27)(H,29,30)(H4,22,23,25,26,28). The number of hydrogen-bond donors (Lipinski definition) is 6. The number of anilines is 1. The van der Waals surface area contributed by atoms with E-state index >= 15 is 0 Å². The molecule has 0 aliphatic carbocycles. The summed E-state index contributed by atoms with van der Waals surface area (Å²) in [6.07, 6.45) is 3.77. The number of aromatic nitrogens is 3. The first kappa shape index (κ1) is 21.1. The summed E-state index contributed by atoms with van der Waals surface area (Å²) in [4.78, 5) is 45.2. The molecule has 10 heteroatoms. The number of amides is 1. The number of nitrogens with zero attached hydrogens (tertiary/aromatic N) is 1. The fraction of sp³-hybridized carbons (Fsp3) is 0.300. The Hall–Kier alpha value is -3.66. The van der Waals surface area contributed by atoms with Crippen LogP contribution in [-0.4, -0.2) is 44.5 Å². The zero-order valence-corrected chi connectivity index (χ0v) is 16.3. The van der Waals surface area contributed by atoms with Crippen LogP contribution in [0.1, 0.15) is 34.3 Å². The van der Waals surface area contributed by atoms with Gasteiger partial charge in [0, 0.05) is 11.8 Å². The van der Waals surface area contributed by atoms with E-state index in [0.29, 0.717) is 42.4 Å². The maximum Gasteiger partial charge on any atom is 0.326 e. The molecule has 158 valence electrons. The second kappa shape index (κ2) is 9.23. The highest BCUT2D eigenvalue weighted by Gasteiger charge is 2.20. The van der Waals surface area contributed by atoms with Crippen molar-refractivity contribution < 1.29 is 14.7 Å². The number of hydrogen-bond acceptors (Lipinski definition) is 6. The Morgan fingerprint density at radius 2 is 1.93 bits per heavy atom. The van der Waals surface area contributed by atoms with Crippen molar-refractivity contribution in [3.8, 4) is 0 Å². The van der Waals surface area contributed by atoms with Crippen molar-refractivity contribution in [1.29, 1.82) is 0 Å². The van der Waals surface area contributed by atoms with Crippen molar-refractivity contribution >= 4 is 28.9 Å². The molecule has 1 unspecified atom stereocenters. The third-order valence-electron chi connectivity index (χ3n) is 4.84. The Morgan fingerprint density at radius 3 is 2.60 bits per heavy atom. The summed E-state index contributed by atoms with van der Waals surface area (Å²) in [5.41, 5.74) is 13.3. The van der Waals surface area contributed by atoms with Crippen LogP contribution < -0.4 is 22.3 Å². The molecule has 0 aliphatic heterocycles. The van der Waals surface area contributed by atoms with Gasteiger partial charge in [-0.3, -0.25) is 14.6 Å². The lowest BCUT2D eigenvalue weighted by atomic mass is 10.0. The summed E-state index contributed by atoms with van der Waals surface area (Å²) >= 11 is 0. The van der Waals surface area contributed by atoms with Gasteiger partial charge in [0.25, 0.3) is 11.5 Å². The van der Waals surface area contributed by atoms with E-state index in [1.807, 2.05) is 0 Å². The molecule has 1 amide bonds. The number of carboxylic acid groups (broad SMARTS) is 1. The van der Waals surface area contributed by atoms with Gasteiger partial charge in [-0.05, 0) is 55.5 Å². The molecule has 0 spiro atoms. The molecule has 3 aromatic rings. The molecule has 1 aromatic carbocycles. The highest BCUT2D eigenvalue weighted by Crippen LogP contribution is 2.16. The van der Waals surface area contributed by atoms with E-state index in [-0.39, 0.29) is 17.9 Å². The lowest BCUT2D eigenvalue weighted by Gasteiger charge is -2.14. The first-order valence-electron chi connectivity index (χ1n) is 9.57. The van der Waals surface area contributed by atoms with Gasteiger partial charge in [0.1, 0.15) is 11.7 Å². The van der Waals surface area contributed by atoms with Crippen molar-refractivity contribution in [2.75, 3.05) is 12.3 Å². The maximum absolute atomic E-state index is 12.3. The molecule has 0 fully saturated rings. The molecule has 2 aromatic heterocycles. The topological polar surface area (TPSA) is 180 Å². The van der Waals surface area contributed by atoms with E-state index in [4.69, 9.17) is 11.5 Å². The van der Waals surface area contributed by atoms with Crippen molar-refractivity contribution in [3.63, 3.8) is 0 Å². The number of nitrogen functional groups attached to an aromatic ring is 1. The first-order valence-corrected chi connectivity index (χ1v) is 9.57. The minimum atomic E-state index is -1.08. The number of aryl methyl sites for hydroxylation is 2. The van der Waals surface area contributed by atoms with E-state index in [2.05, 4.69) is 20.3 Å². The van der Waals surface area contributed by atoms with E-state index < -0.39 is 17.9 Å². The number of nitrogens with one attached hydrogen (secondary N) is 3. The third-order valence-corrected chi connectivity index (χ3v) is 4.84. The number of aromatic amines is 2. The zero-order valence-electron chi connectivity index (χ0n) is 16.3. The number of carbonyl (C=O) groups is 2. The highest BCUT2D eigenvalue weighted by molar-refractivity contribution is 5.96. The first-order chi connectivity index (χ1) is 14.4. The van der Waals surface area contributed by atoms with Crippen molar-refractivity contribution in [2.45, 2.75) is 31.7 Å². The van der Waals surface area contributed by atoms with Gasteiger partial charge in [-0.25, -0.2) is 4.79 Å². The van der Waals surface area contributed by atoms with Gasteiger partial charge >= 0.3 is 5.97 Å². The predicted octanol–water partition coefficient (Wildman–Crippen LogP) is 0.541. The van der Waals surface area contributed by atoms with Gasteiger partial charge in [0.2, 0.25) is 5.95 Å². The molecule has 3 rings (SSSR count). The predicted molar refractivity (Wildman–Crippen MR) is 112 cm³/mol. The second-order valence-electron chi connectivity index (χ2n) is 6.98. The summed E-state index contributed by atoms with van der Waals surface area (Å²) in [6.45, 7) is 0.361. The van der Waals surface area contributed by atoms with Crippen LogP contribution in [0, 0.1) is 0 Å². The second-order valence-corrected chi connectivity index (χ2v) is 6.98.